The Hall–Kier alpha value is -3.87. The van der Waals surface area contributed by atoms with Gasteiger partial charge in [-0.2, -0.15) is 5.53 Å². The van der Waals surface area contributed by atoms with Crippen LogP contribution in [0.15, 0.2) is 54.2 Å². The van der Waals surface area contributed by atoms with Gasteiger partial charge in [0.25, 0.3) is 0 Å². The summed E-state index contributed by atoms with van der Waals surface area (Å²) >= 11 is 0. The highest BCUT2D eigenvalue weighted by atomic mass is 19.1. The molecule has 2 aromatic carbocycles. The van der Waals surface area contributed by atoms with Crippen LogP contribution in [0.4, 0.5) is 21.6 Å². The van der Waals surface area contributed by atoms with Gasteiger partial charge in [0.1, 0.15) is 17.9 Å². The van der Waals surface area contributed by atoms with E-state index in [9.17, 15) is 9.30 Å². The maximum Gasteiger partial charge on any atom is 0.188 e. The lowest BCUT2D eigenvalue weighted by molar-refractivity contribution is 0.0339. The zero-order valence-electron chi connectivity index (χ0n) is 22.8. The summed E-state index contributed by atoms with van der Waals surface area (Å²) in [6.45, 7) is 8.28. The number of ether oxygens (including phenoxy) is 2. The summed E-state index contributed by atoms with van der Waals surface area (Å²) < 4.78 is 26.1. The van der Waals surface area contributed by atoms with Crippen LogP contribution >= 0.6 is 0 Å². The van der Waals surface area contributed by atoms with Crippen molar-refractivity contribution in [3.8, 4) is 11.5 Å². The molecule has 0 saturated carbocycles. The van der Waals surface area contributed by atoms with E-state index in [-0.39, 0.29) is 11.2 Å². The predicted molar refractivity (Wildman–Crippen MR) is 151 cm³/mol. The van der Waals surface area contributed by atoms with Crippen molar-refractivity contribution in [1.82, 2.24) is 25.3 Å². The SMILES string of the molecule is O=NNN1c2ccc(CN3CCC4(CCN(c5ncncc5Oc5ccc(F)cc5CN5CCOCC5)C4)C3)cc21. The molecule has 1 aromatic heterocycles. The first-order valence-corrected chi connectivity index (χ1v) is 14.1. The topological polar surface area (TPSA) is 98.4 Å². The first-order valence-electron chi connectivity index (χ1n) is 14.1. The van der Waals surface area contributed by atoms with Gasteiger partial charge in [-0.3, -0.25) is 9.80 Å². The van der Waals surface area contributed by atoms with Crippen molar-refractivity contribution in [3.05, 3.63) is 70.8 Å². The molecule has 0 radical (unpaired) electrons. The van der Waals surface area contributed by atoms with E-state index in [1.165, 1.54) is 11.6 Å². The maximum atomic E-state index is 14.2. The third-order valence-electron chi connectivity index (χ3n) is 8.67. The molecule has 5 heterocycles. The van der Waals surface area contributed by atoms with Crippen LogP contribution in [0.1, 0.15) is 24.0 Å². The lowest BCUT2D eigenvalue weighted by Gasteiger charge is -2.28. The molecule has 0 amide bonds. The summed E-state index contributed by atoms with van der Waals surface area (Å²) in [6.07, 6.45) is 5.48. The number of benzene rings is 2. The smallest absolute Gasteiger partial charge is 0.188 e. The quantitative estimate of drug-likeness (QED) is 0.235. The van der Waals surface area contributed by atoms with Crippen LogP contribution in [0.3, 0.4) is 0 Å². The van der Waals surface area contributed by atoms with Crippen LogP contribution in [0.25, 0.3) is 0 Å². The second-order valence-electron chi connectivity index (χ2n) is 11.4. The Morgan fingerprint density at radius 1 is 0.976 bits per heavy atom. The van der Waals surface area contributed by atoms with Crippen molar-refractivity contribution in [2.45, 2.75) is 25.9 Å². The molecule has 0 bridgehead atoms. The van der Waals surface area contributed by atoms with E-state index >= 15 is 0 Å². The summed E-state index contributed by atoms with van der Waals surface area (Å²) in [7, 11) is 0. The molecule has 4 aliphatic rings. The van der Waals surface area contributed by atoms with Gasteiger partial charge in [-0.15, -0.1) is 4.91 Å². The van der Waals surface area contributed by atoms with Gasteiger partial charge in [-0.25, -0.2) is 19.4 Å². The summed E-state index contributed by atoms with van der Waals surface area (Å²) in [4.78, 5) is 26.5. The van der Waals surface area contributed by atoms with Crippen molar-refractivity contribution in [2.75, 3.05) is 62.4 Å². The third kappa shape index (κ3) is 5.42. The lowest BCUT2D eigenvalue weighted by Crippen LogP contribution is -2.35. The first-order chi connectivity index (χ1) is 20.1. The van der Waals surface area contributed by atoms with E-state index in [4.69, 9.17) is 9.47 Å². The van der Waals surface area contributed by atoms with E-state index in [0.717, 1.165) is 81.4 Å². The molecular formula is C29H33FN8O3. The summed E-state index contributed by atoms with van der Waals surface area (Å²) in [5.74, 6) is 1.70. The number of hydrogen-bond donors (Lipinski definition) is 1. The van der Waals surface area contributed by atoms with E-state index in [1.54, 1.807) is 29.7 Å². The minimum atomic E-state index is -0.279. The normalized spacial score (nSPS) is 22.3. The monoisotopic (exact) mass is 560 g/mol. The molecule has 1 atom stereocenters. The molecule has 1 N–H and O–H groups in total. The molecule has 214 valence electrons. The van der Waals surface area contributed by atoms with Crippen LogP contribution in [-0.2, 0) is 17.8 Å². The minimum Gasteiger partial charge on any atom is -0.451 e. The number of rotatable bonds is 9. The number of anilines is 3. The molecule has 3 saturated heterocycles. The largest absolute Gasteiger partial charge is 0.451 e. The van der Waals surface area contributed by atoms with Gasteiger partial charge in [-0.05, 0) is 55.3 Å². The van der Waals surface area contributed by atoms with Crippen molar-refractivity contribution >= 4 is 17.2 Å². The van der Waals surface area contributed by atoms with Crippen molar-refractivity contribution < 1.29 is 13.9 Å². The van der Waals surface area contributed by atoms with E-state index in [0.29, 0.717) is 31.3 Å². The Morgan fingerprint density at radius 3 is 2.73 bits per heavy atom. The number of hydrazine groups is 1. The molecule has 0 aliphatic carbocycles. The molecular weight excluding hydrogens is 527 g/mol. The fraction of sp³-hybridized carbons (Fsp3) is 0.448. The van der Waals surface area contributed by atoms with Crippen molar-refractivity contribution in [3.63, 3.8) is 0 Å². The molecule has 4 aliphatic heterocycles. The van der Waals surface area contributed by atoms with Gasteiger partial charge < -0.3 is 14.4 Å². The Morgan fingerprint density at radius 2 is 1.85 bits per heavy atom. The minimum absolute atomic E-state index is 0.192. The van der Waals surface area contributed by atoms with Crippen LogP contribution in [-0.4, -0.2) is 72.3 Å². The van der Waals surface area contributed by atoms with Crippen molar-refractivity contribution in [1.29, 1.82) is 0 Å². The second kappa shape index (κ2) is 10.8. The average Bonchev–Trinajstić information content (AvgIpc) is 3.29. The molecule has 11 nitrogen and oxygen atoms in total. The molecule has 1 unspecified atom stereocenters. The second-order valence-corrected chi connectivity index (χ2v) is 11.4. The van der Waals surface area contributed by atoms with E-state index in [1.807, 2.05) is 6.07 Å². The number of nitroso groups, excluding NO2 is 1. The fourth-order valence-electron chi connectivity index (χ4n) is 6.53. The Balaban J connectivity index is 1.02. The van der Waals surface area contributed by atoms with Crippen LogP contribution in [0.5, 0.6) is 11.5 Å². The number of likely N-dealkylation sites (tertiary alicyclic amines) is 1. The number of morpholine rings is 1. The summed E-state index contributed by atoms with van der Waals surface area (Å²) in [5, 5.41) is 4.45. The van der Waals surface area contributed by atoms with Gasteiger partial charge in [0.15, 0.2) is 11.6 Å². The maximum absolute atomic E-state index is 14.2. The number of nitrogens with one attached hydrogen (secondary N) is 1. The highest BCUT2D eigenvalue weighted by Gasteiger charge is 2.44. The van der Waals surface area contributed by atoms with Gasteiger partial charge in [-0.1, -0.05) is 6.07 Å². The van der Waals surface area contributed by atoms with Crippen LogP contribution in [0.2, 0.25) is 0 Å². The highest BCUT2D eigenvalue weighted by Crippen LogP contribution is 2.47. The molecule has 7 rings (SSSR count). The number of aromatic nitrogens is 2. The number of fused-ring (bicyclic) bond motifs is 1. The Labute approximate surface area is 237 Å². The van der Waals surface area contributed by atoms with Gasteiger partial charge >= 0.3 is 0 Å². The number of nitrogens with zero attached hydrogens (tertiary/aromatic N) is 7. The van der Waals surface area contributed by atoms with E-state index < -0.39 is 0 Å². The zero-order valence-corrected chi connectivity index (χ0v) is 22.8. The van der Waals surface area contributed by atoms with Gasteiger partial charge in [0, 0.05) is 56.8 Å². The van der Waals surface area contributed by atoms with E-state index in [2.05, 4.69) is 47.6 Å². The van der Waals surface area contributed by atoms with Crippen LogP contribution < -0.4 is 20.2 Å². The lowest BCUT2D eigenvalue weighted by atomic mass is 9.86. The predicted octanol–water partition coefficient (Wildman–Crippen LogP) is 3.98. The molecule has 12 heteroatoms. The zero-order chi connectivity index (χ0) is 27.8. The first kappa shape index (κ1) is 26.1. The highest BCUT2D eigenvalue weighted by molar-refractivity contribution is 5.92. The van der Waals surface area contributed by atoms with Gasteiger partial charge in [0.05, 0.1) is 36.1 Å². The number of hydrogen-bond acceptors (Lipinski definition) is 10. The third-order valence-corrected chi connectivity index (χ3v) is 8.67. The Kier molecular flexibility index (Phi) is 6.89. The van der Waals surface area contributed by atoms with Crippen molar-refractivity contribution in [2.24, 2.45) is 10.7 Å². The summed E-state index contributed by atoms with van der Waals surface area (Å²) in [5.41, 5.74) is 6.67. The fourth-order valence-corrected chi connectivity index (χ4v) is 6.53. The molecule has 3 fully saturated rings. The Bertz CT molecular complexity index is 1440. The molecule has 41 heavy (non-hydrogen) atoms. The standard InChI is InChI=1S/C29H33FN8O3/c30-23-2-4-26(22(14-23)17-35-9-11-40-12-10-35)41-27-15-31-20-32-28(27)37-8-6-29(19-37)5-7-36(18-29)16-21-1-3-24-25(13-21)38(24)33-34-39/h1-4,13-15,20H,5-12,16-19H2,(H,33,39). The molecule has 3 aromatic rings. The average molecular weight is 561 g/mol. The van der Waals surface area contributed by atoms with Gasteiger partial charge in [0.2, 0.25) is 0 Å². The summed E-state index contributed by atoms with van der Waals surface area (Å²) in [6, 6.07) is 10.9. The molecule has 1 spiro atoms. The van der Waals surface area contributed by atoms with Crippen LogP contribution in [0, 0.1) is 16.1 Å². The number of halogens is 1.